The zero-order valence-corrected chi connectivity index (χ0v) is 9.88. The molecule has 4 nitrogen and oxygen atoms in total. The molecule has 16 heavy (non-hydrogen) atoms. The SMILES string of the molecule is CC(O)Cn1ccc2c(C(C)C)ncnc21. The van der Waals surface area contributed by atoms with Gasteiger partial charge >= 0.3 is 0 Å². The molecule has 0 aliphatic carbocycles. The molecule has 1 atom stereocenters. The molecule has 0 saturated heterocycles. The van der Waals surface area contributed by atoms with Gasteiger partial charge in [-0.3, -0.25) is 0 Å². The highest BCUT2D eigenvalue weighted by atomic mass is 16.3. The Balaban J connectivity index is 2.52. The minimum absolute atomic E-state index is 0.368. The Morgan fingerprint density at radius 2 is 2.06 bits per heavy atom. The van der Waals surface area contributed by atoms with E-state index in [9.17, 15) is 5.11 Å². The Kier molecular flexibility index (Phi) is 2.92. The minimum atomic E-state index is -0.368. The number of hydrogen-bond acceptors (Lipinski definition) is 3. The van der Waals surface area contributed by atoms with Crippen LogP contribution in [0.5, 0.6) is 0 Å². The van der Waals surface area contributed by atoms with Gasteiger partial charge in [-0.15, -0.1) is 0 Å². The molecule has 0 saturated carbocycles. The topological polar surface area (TPSA) is 50.9 Å². The molecule has 1 N–H and O–H groups in total. The van der Waals surface area contributed by atoms with Crippen molar-refractivity contribution in [3.8, 4) is 0 Å². The van der Waals surface area contributed by atoms with Crippen molar-refractivity contribution in [3.05, 3.63) is 24.3 Å². The minimum Gasteiger partial charge on any atom is -0.392 e. The summed E-state index contributed by atoms with van der Waals surface area (Å²) in [5.74, 6) is 0.382. The van der Waals surface area contributed by atoms with E-state index in [1.54, 1.807) is 13.3 Å². The molecule has 0 fully saturated rings. The molecule has 0 amide bonds. The van der Waals surface area contributed by atoms with Crippen LogP contribution in [0.1, 0.15) is 32.4 Å². The van der Waals surface area contributed by atoms with Crippen LogP contribution in [0.4, 0.5) is 0 Å². The number of nitrogens with zero attached hydrogens (tertiary/aromatic N) is 3. The first-order valence-electron chi connectivity index (χ1n) is 5.57. The second kappa shape index (κ2) is 4.22. The average molecular weight is 219 g/mol. The molecule has 0 radical (unpaired) electrons. The monoisotopic (exact) mass is 219 g/mol. The molecule has 2 rings (SSSR count). The zero-order valence-electron chi connectivity index (χ0n) is 9.88. The molecule has 2 aromatic heterocycles. The van der Waals surface area contributed by atoms with Gasteiger partial charge in [-0.25, -0.2) is 9.97 Å². The Morgan fingerprint density at radius 1 is 1.31 bits per heavy atom. The third-order valence-corrected chi connectivity index (χ3v) is 2.59. The van der Waals surface area contributed by atoms with Crippen molar-refractivity contribution in [1.82, 2.24) is 14.5 Å². The molecule has 0 bridgehead atoms. The van der Waals surface area contributed by atoms with E-state index >= 15 is 0 Å². The molecular formula is C12H17N3O. The predicted octanol–water partition coefficient (Wildman–Crippen LogP) is 1.94. The summed E-state index contributed by atoms with van der Waals surface area (Å²) in [6.07, 6.45) is 3.18. The third kappa shape index (κ3) is 1.93. The highest BCUT2D eigenvalue weighted by Crippen LogP contribution is 2.22. The third-order valence-electron chi connectivity index (χ3n) is 2.59. The van der Waals surface area contributed by atoms with Gasteiger partial charge in [0.2, 0.25) is 0 Å². The van der Waals surface area contributed by atoms with E-state index in [2.05, 4.69) is 23.8 Å². The summed E-state index contributed by atoms with van der Waals surface area (Å²) >= 11 is 0. The predicted molar refractivity (Wildman–Crippen MR) is 63.3 cm³/mol. The van der Waals surface area contributed by atoms with Crippen molar-refractivity contribution in [2.24, 2.45) is 0 Å². The smallest absolute Gasteiger partial charge is 0.143 e. The van der Waals surface area contributed by atoms with Gasteiger partial charge in [-0.2, -0.15) is 0 Å². The Bertz CT molecular complexity index is 488. The van der Waals surface area contributed by atoms with E-state index in [0.717, 1.165) is 16.7 Å². The summed E-state index contributed by atoms with van der Waals surface area (Å²) in [7, 11) is 0. The van der Waals surface area contributed by atoms with Gasteiger partial charge < -0.3 is 9.67 Å². The van der Waals surface area contributed by atoms with E-state index in [0.29, 0.717) is 12.5 Å². The molecule has 0 aliphatic heterocycles. The first kappa shape index (κ1) is 11.1. The van der Waals surface area contributed by atoms with Gasteiger partial charge in [0.15, 0.2) is 0 Å². The van der Waals surface area contributed by atoms with Crippen LogP contribution in [0.25, 0.3) is 11.0 Å². The lowest BCUT2D eigenvalue weighted by Gasteiger charge is -2.08. The second-order valence-electron chi connectivity index (χ2n) is 4.47. The molecule has 2 heterocycles. The standard InChI is InChI=1S/C12H17N3O/c1-8(2)11-10-4-5-15(6-9(3)16)12(10)14-7-13-11/h4-5,7-9,16H,6H2,1-3H3. The Labute approximate surface area is 95.0 Å². The maximum Gasteiger partial charge on any atom is 0.143 e. The van der Waals surface area contributed by atoms with Crippen LogP contribution < -0.4 is 0 Å². The Hall–Kier alpha value is -1.42. The molecule has 86 valence electrons. The summed E-state index contributed by atoms with van der Waals surface area (Å²) in [4.78, 5) is 8.59. The summed E-state index contributed by atoms with van der Waals surface area (Å²) in [6.45, 7) is 6.58. The van der Waals surface area contributed by atoms with Gasteiger partial charge in [0.05, 0.1) is 11.8 Å². The first-order chi connectivity index (χ1) is 7.59. The van der Waals surface area contributed by atoms with Crippen molar-refractivity contribution < 1.29 is 5.11 Å². The number of rotatable bonds is 3. The Morgan fingerprint density at radius 3 is 2.69 bits per heavy atom. The van der Waals surface area contributed by atoms with Crippen molar-refractivity contribution in [2.75, 3.05) is 0 Å². The first-order valence-corrected chi connectivity index (χ1v) is 5.57. The number of aromatic nitrogens is 3. The summed E-state index contributed by atoms with van der Waals surface area (Å²) < 4.78 is 1.97. The maximum absolute atomic E-state index is 9.40. The lowest BCUT2D eigenvalue weighted by atomic mass is 10.1. The second-order valence-corrected chi connectivity index (χ2v) is 4.47. The van der Waals surface area contributed by atoms with Crippen molar-refractivity contribution >= 4 is 11.0 Å². The summed E-state index contributed by atoms with van der Waals surface area (Å²) in [5.41, 5.74) is 1.97. The van der Waals surface area contributed by atoms with Crippen molar-refractivity contribution in [2.45, 2.75) is 39.3 Å². The highest BCUT2D eigenvalue weighted by Gasteiger charge is 2.11. The normalized spacial score (nSPS) is 13.6. The largest absolute Gasteiger partial charge is 0.392 e. The summed E-state index contributed by atoms with van der Waals surface area (Å²) in [6, 6.07) is 2.02. The van der Waals surface area contributed by atoms with Gasteiger partial charge in [0.25, 0.3) is 0 Å². The fraction of sp³-hybridized carbons (Fsp3) is 0.500. The van der Waals surface area contributed by atoms with Crippen LogP contribution in [0.3, 0.4) is 0 Å². The van der Waals surface area contributed by atoms with Gasteiger partial charge in [0.1, 0.15) is 12.0 Å². The highest BCUT2D eigenvalue weighted by molar-refractivity contribution is 5.79. The lowest BCUT2D eigenvalue weighted by molar-refractivity contribution is 0.175. The van der Waals surface area contributed by atoms with Crippen LogP contribution in [0, 0.1) is 0 Å². The van der Waals surface area contributed by atoms with E-state index in [1.807, 2.05) is 16.8 Å². The van der Waals surface area contributed by atoms with E-state index in [4.69, 9.17) is 0 Å². The van der Waals surface area contributed by atoms with E-state index in [1.165, 1.54) is 0 Å². The van der Waals surface area contributed by atoms with Crippen molar-refractivity contribution in [1.29, 1.82) is 0 Å². The fourth-order valence-corrected chi connectivity index (χ4v) is 1.92. The van der Waals surface area contributed by atoms with E-state index < -0.39 is 0 Å². The molecule has 0 aromatic carbocycles. The zero-order chi connectivity index (χ0) is 11.7. The number of aliphatic hydroxyl groups is 1. The van der Waals surface area contributed by atoms with Crippen LogP contribution in [-0.2, 0) is 6.54 Å². The molecule has 0 aliphatic rings. The van der Waals surface area contributed by atoms with E-state index in [-0.39, 0.29) is 6.10 Å². The molecule has 1 unspecified atom stereocenters. The fourth-order valence-electron chi connectivity index (χ4n) is 1.92. The molecular weight excluding hydrogens is 202 g/mol. The van der Waals surface area contributed by atoms with Crippen LogP contribution >= 0.6 is 0 Å². The number of hydrogen-bond donors (Lipinski definition) is 1. The van der Waals surface area contributed by atoms with Crippen LogP contribution in [0.15, 0.2) is 18.6 Å². The van der Waals surface area contributed by atoms with Crippen molar-refractivity contribution in [3.63, 3.8) is 0 Å². The maximum atomic E-state index is 9.40. The molecule has 4 heteroatoms. The summed E-state index contributed by atoms with van der Waals surface area (Å²) in [5, 5.41) is 10.5. The molecule has 0 spiro atoms. The lowest BCUT2D eigenvalue weighted by Crippen LogP contribution is -2.11. The van der Waals surface area contributed by atoms with Gasteiger partial charge in [-0.05, 0) is 18.9 Å². The van der Waals surface area contributed by atoms with Crippen LogP contribution in [-0.4, -0.2) is 25.7 Å². The number of fused-ring (bicyclic) bond motifs is 1. The molecule has 2 aromatic rings. The quantitative estimate of drug-likeness (QED) is 0.858. The average Bonchev–Trinajstić information content (AvgIpc) is 2.60. The van der Waals surface area contributed by atoms with Crippen LogP contribution in [0.2, 0.25) is 0 Å². The van der Waals surface area contributed by atoms with Gasteiger partial charge in [0, 0.05) is 18.1 Å². The number of aliphatic hydroxyl groups excluding tert-OH is 1. The van der Waals surface area contributed by atoms with Gasteiger partial charge in [-0.1, -0.05) is 13.8 Å².